The van der Waals surface area contributed by atoms with Crippen molar-refractivity contribution < 1.29 is 0 Å². The van der Waals surface area contributed by atoms with Gasteiger partial charge in [0.15, 0.2) is 0 Å². The third-order valence-corrected chi connectivity index (χ3v) is 15.6. The quantitative estimate of drug-likeness (QED) is 0.368. The van der Waals surface area contributed by atoms with Gasteiger partial charge in [0.1, 0.15) is 0 Å². The molecule has 0 heterocycles. The van der Waals surface area contributed by atoms with Gasteiger partial charge in [0.05, 0.1) is 0 Å². The molecule has 0 amide bonds. The summed E-state index contributed by atoms with van der Waals surface area (Å²) in [5.74, 6) is 0. The van der Waals surface area contributed by atoms with Gasteiger partial charge < -0.3 is 0 Å². The zero-order valence-corrected chi connectivity index (χ0v) is 19.2. The van der Waals surface area contributed by atoms with Crippen molar-refractivity contribution in [2.24, 2.45) is 0 Å². The Bertz CT molecular complexity index is 978. The predicted octanol–water partition coefficient (Wildman–Crippen LogP) is 5.22. The normalized spacial score (nSPS) is 12.7. The molecule has 0 saturated heterocycles. The van der Waals surface area contributed by atoms with Crippen molar-refractivity contribution in [1.29, 1.82) is 0 Å². The molecule has 0 aliphatic heterocycles. The molecular weight excluding hydrogens is 437 g/mol. The van der Waals surface area contributed by atoms with Crippen LogP contribution in [0.3, 0.4) is 0 Å². The first kappa shape index (κ1) is 19.9. The van der Waals surface area contributed by atoms with Crippen molar-refractivity contribution in [3.8, 4) is 0 Å². The van der Waals surface area contributed by atoms with Crippen molar-refractivity contribution in [3.05, 3.63) is 115 Å². The number of benzene rings is 4. The molecule has 0 aromatic heterocycles. The summed E-state index contributed by atoms with van der Waals surface area (Å²) >= 11 is 4.50. The van der Waals surface area contributed by atoms with E-state index in [4.69, 9.17) is 0 Å². The van der Waals surface area contributed by atoms with E-state index in [-0.39, 0.29) is 0 Å². The zero-order valence-electron chi connectivity index (χ0n) is 16.7. The standard InChI is InChI=1S/C26H25BrNP/c1-28(2)22-18-20-26(21-19-22)29(27,23-12-6-3-7-13-23,24-14-8-4-9-15-24)25-16-10-5-11-17-25/h3-21H,1-2H3. The van der Waals surface area contributed by atoms with Crippen LogP contribution in [-0.4, -0.2) is 14.1 Å². The molecule has 146 valence electrons. The molecule has 0 saturated carbocycles. The van der Waals surface area contributed by atoms with Crippen molar-refractivity contribution in [2.45, 2.75) is 0 Å². The molecule has 0 fully saturated rings. The predicted molar refractivity (Wildman–Crippen MR) is 134 cm³/mol. The Kier molecular flexibility index (Phi) is 5.34. The Labute approximate surface area is 181 Å². The van der Waals surface area contributed by atoms with Gasteiger partial charge >= 0.3 is 182 Å². The summed E-state index contributed by atoms with van der Waals surface area (Å²) in [6, 6.07) is 41.6. The third-order valence-electron chi connectivity index (χ3n) is 5.57. The monoisotopic (exact) mass is 461 g/mol. The van der Waals surface area contributed by atoms with Crippen LogP contribution in [-0.2, 0) is 0 Å². The molecule has 4 rings (SSSR count). The van der Waals surface area contributed by atoms with E-state index >= 15 is 0 Å². The SMILES string of the molecule is CN(C)c1ccc(P(Br)(c2ccccc2)(c2ccccc2)c2ccccc2)cc1. The molecular formula is C26H25BrNP. The molecule has 0 bridgehead atoms. The first-order chi connectivity index (χ1) is 14.1. The van der Waals surface area contributed by atoms with Crippen LogP contribution in [0.25, 0.3) is 0 Å². The summed E-state index contributed by atoms with van der Waals surface area (Å²) in [4.78, 5) is 2.14. The van der Waals surface area contributed by atoms with Gasteiger partial charge in [-0.25, -0.2) is 0 Å². The van der Waals surface area contributed by atoms with Gasteiger partial charge in [-0.15, -0.1) is 0 Å². The number of halogens is 1. The molecule has 0 unspecified atom stereocenters. The van der Waals surface area contributed by atoms with Gasteiger partial charge in [-0.3, -0.25) is 0 Å². The van der Waals surface area contributed by atoms with Gasteiger partial charge in [-0.2, -0.15) is 0 Å². The fraction of sp³-hybridized carbons (Fsp3) is 0.0769. The Morgan fingerprint density at radius 1 is 0.483 bits per heavy atom. The summed E-state index contributed by atoms with van der Waals surface area (Å²) in [6.45, 7) is 0. The van der Waals surface area contributed by atoms with E-state index in [0.29, 0.717) is 0 Å². The van der Waals surface area contributed by atoms with Crippen molar-refractivity contribution in [2.75, 3.05) is 19.0 Å². The second-order valence-corrected chi connectivity index (χ2v) is 15.8. The van der Waals surface area contributed by atoms with Crippen molar-refractivity contribution >= 4 is 47.7 Å². The molecule has 0 radical (unpaired) electrons. The summed E-state index contributed by atoms with van der Waals surface area (Å²) in [7, 11) is 4.16. The van der Waals surface area contributed by atoms with E-state index in [1.807, 2.05) is 0 Å². The third kappa shape index (κ3) is 3.12. The number of anilines is 1. The van der Waals surface area contributed by atoms with Crippen LogP contribution < -0.4 is 26.1 Å². The maximum absolute atomic E-state index is 4.50. The van der Waals surface area contributed by atoms with Crippen LogP contribution in [0.4, 0.5) is 5.69 Å². The molecule has 0 atom stereocenters. The van der Waals surface area contributed by atoms with E-state index in [1.165, 1.54) is 26.9 Å². The van der Waals surface area contributed by atoms with E-state index in [2.05, 4.69) is 150 Å². The van der Waals surface area contributed by atoms with Gasteiger partial charge in [-0.1, -0.05) is 0 Å². The molecule has 0 spiro atoms. The van der Waals surface area contributed by atoms with E-state index in [1.54, 1.807) is 0 Å². The zero-order chi connectivity index (χ0) is 20.3. The number of hydrogen-bond donors (Lipinski definition) is 0. The average Bonchev–Trinajstić information content (AvgIpc) is 2.80. The van der Waals surface area contributed by atoms with Crippen molar-refractivity contribution in [3.63, 3.8) is 0 Å². The molecule has 4 aromatic carbocycles. The Morgan fingerprint density at radius 3 is 1.10 bits per heavy atom. The summed E-state index contributed by atoms with van der Waals surface area (Å²) in [5, 5.41) is 2.11. The maximum atomic E-state index is 4.50. The molecule has 0 aliphatic rings. The Morgan fingerprint density at radius 2 is 0.793 bits per heavy atom. The van der Waals surface area contributed by atoms with Crippen LogP contribution in [0, 0.1) is 0 Å². The van der Waals surface area contributed by atoms with Crippen LogP contribution >= 0.6 is 20.8 Å². The fourth-order valence-electron chi connectivity index (χ4n) is 4.05. The summed E-state index contributed by atoms with van der Waals surface area (Å²) in [6.07, 6.45) is 0. The summed E-state index contributed by atoms with van der Waals surface area (Å²) in [5.41, 5.74) is 1.19. The molecule has 29 heavy (non-hydrogen) atoms. The molecule has 4 aromatic rings. The Hall–Kier alpha value is -2.41. The van der Waals surface area contributed by atoms with Crippen molar-refractivity contribution in [1.82, 2.24) is 0 Å². The van der Waals surface area contributed by atoms with Gasteiger partial charge in [0.2, 0.25) is 0 Å². The van der Waals surface area contributed by atoms with Gasteiger partial charge in [0.25, 0.3) is 0 Å². The van der Waals surface area contributed by atoms with Crippen LogP contribution in [0.1, 0.15) is 0 Å². The Balaban J connectivity index is 2.16. The van der Waals surface area contributed by atoms with Crippen LogP contribution in [0.15, 0.2) is 115 Å². The topological polar surface area (TPSA) is 3.24 Å². The molecule has 0 N–H and O–H groups in total. The molecule has 1 nitrogen and oxygen atoms in total. The fourth-order valence-corrected chi connectivity index (χ4v) is 11.6. The minimum atomic E-state index is -3.08. The second-order valence-electron chi connectivity index (χ2n) is 7.43. The van der Waals surface area contributed by atoms with E-state index in [9.17, 15) is 0 Å². The van der Waals surface area contributed by atoms with Gasteiger partial charge in [-0.05, 0) is 0 Å². The second kappa shape index (κ2) is 7.78. The minimum absolute atomic E-state index is 1.19. The summed E-state index contributed by atoms with van der Waals surface area (Å²) < 4.78 is 0. The number of rotatable bonds is 5. The van der Waals surface area contributed by atoms with E-state index < -0.39 is 5.31 Å². The van der Waals surface area contributed by atoms with Gasteiger partial charge in [0, 0.05) is 0 Å². The van der Waals surface area contributed by atoms with Crippen LogP contribution in [0.5, 0.6) is 0 Å². The number of hydrogen-bond acceptors (Lipinski definition) is 1. The average molecular weight is 462 g/mol. The van der Waals surface area contributed by atoms with E-state index in [0.717, 1.165) is 0 Å². The van der Waals surface area contributed by atoms with Crippen LogP contribution in [0.2, 0.25) is 0 Å². The molecule has 3 heteroatoms. The first-order valence-corrected chi connectivity index (χ1v) is 14.0. The first-order valence-electron chi connectivity index (χ1n) is 9.73. The molecule has 0 aliphatic carbocycles. The number of nitrogens with zero attached hydrogens (tertiary/aromatic N) is 1.